The Morgan fingerprint density at radius 2 is 1.92 bits per heavy atom. The average Bonchev–Trinajstić information content (AvgIpc) is 2.64. The SMILES string of the molecule is O=C(Cn1ncc(=O)c2ccccc21)N1CCCC2CCCCC21. The maximum absolute atomic E-state index is 12.9. The van der Waals surface area contributed by atoms with E-state index in [-0.39, 0.29) is 17.9 Å². The molecule has 5 heteroatoms. The Bertz CT molecular complexity index is 812. The molecule has 2 unspecified atom stereocenters. The summed E-state index contributed by atoms with van der Waals surface area (Å²) in [6, 6.07) is 7.77. The third-order valence-electron chi connectivity index (χ3n) is 5.61. The van der Waals surface area contributed by atoms with Crippen molar-refractivity contribution in [2.24, 2.45) is 5.92 Å². The summed E-state index contributed by atoms with van der Waals surface area (Å²) in [6.07, 6.45) is 8.59. The number of likely N-dealkylation sites (tertiary alicyclic amines) is 1. The Morgan fingerprint density at radius 3 is 2.83 bits per heavy atom. The van der Waals surface area contributed by atoms with Crippen molar-refractivity contribution in [2.75, 3.05) is 6.54 Å². The number of para-hydroxylation sites is 1. The van der Waals surface area contributed by atoms with Crippen molar-refractivity contribution in [1.29, 1.82) is 0 Å². The number of aromatic nitrogens is 2. The minimum atomic E-state index is -0.0976. The second kappa shape index (κ2) is 6.38. The summed E-state index contributed by atoms with van der Waals surface area (Å²) >= 11 is 0. The summed E-state index contributed by atoms with van der Waals surface area (Å²) in [5.41, 5.74) is 0.634. The highest BCUT2D eigenvalue weighted by molar-refractivity contribution is 5.81. The predicted octanol–water partition coefficient (Wildman–Crippen LogP) is 2.58. The summed E-state index contributed by atoms with van der Waals surface area (Å²) in [7, 11) is 0. The average molecular weight is 325 g/mol. The molecule has 1 saturated carbocycles. The second-order valence-electron chi connectivity index (χ2n) is 7.02. The molecule has 0 radical (unpaired) electrons. The van der Waals surface area contributed by atoms with E-state index >= 15 is 0 Å². The first-order chi connectivity index (χ1) is 11.7. The molecule has 0 spiro atoms. The van der Waals surface area contributed by atoms with E-state index in [1.807, 2.05) is 18.2 Å². The highest BCUT2D eigenvalue weighted by Gasteiger charge is 2.35. The molecule has 1 aromatic carbocycles. The van der Waals surface area contributed by atoms with Gasteiger partial charge in [0, 0.05) is 18.0 Å². The van der Waals surface area contributed by atoms with Crippen molar-refractivity contribution < 1.29 is 4.79 Å². The number of hydrogen-bond donors (Lipinski definition) is 0. The first kappa shape index (κ1) is 15.4. The fourth-order valence-electron chi connectivity index (χ4n) is 4.44. The van der Waals surface area contributed by atoms with Gasteiger partial charge in [0.25, 0.3) is 0 Å². The number of amides is 1. The fraction of sp³-hybridized carbons (Fsp3) is 0.526. The fourth-order valence-corrected chi connectivity index (χ4v) is 4.44. The molecule has 5 nitrogen and oxygen atoms in total. The molecule has 24 heavy (non-hydrogen) atoms. The quantitative estimate of drug-likeness (QED) is 0.853. The van der Waals surface area contributed by atoms with Crippen molar-refractivity contribution in [3.8, 4) is 0 Å². The second-order valence-corrected chi connectivity index (χ2v) is 7.02. The lowest BCUT2D eigenvalue weighted by molar-refractivity contribution is -0.138. The van der Waals surface area contributed by atoms with Crippen LogP contribution in [0, 0.1) is 5.92 Å². The zero-order valence-electron chi connectivity index (χ0n) is 13.9. The zero-order valence-corrected chi connectivity index (χ0v) is 13.9. The van der Waals surface area contributed by atoms with Crippen LogP contribution in [-0.2, 0) is 11.3 Å². The predicted molar refractivity (Wildman–Crippen MR) is 92.7 cm³/mol. The van der Waals surface area contributed by atoms with Crippen LogP contribution in [0.25, 0.3) is 10.9 Å². The lowest BCUT2D eigenvalue weighted by Gasteiger charge is -2.44. The molecule has 2 aromatic rings. The van der Waals surface area contributed by atoms with Crippen LogP contribution in [0.2, 0.25) is 0 Å². The first-order valence-corrected chi connectivity index (χ1v) is 8.98. The van der Waals surface area contributed by atoms with Gasteiger partial charge in [0.1, 0.15) is 6.54 Å². The van der Waals surface area contributed by atoms with E-state index in [2.05, 4.69) is 10.00 Å². The van der Waals surface area contributed by atoms with E-state index in [4.69, 9.17) is 0 Å². The van der Waals surface area contributed by atoms with Gasteiger partial charge in [-0.3, -0.25) is 14.3 Å². The van der Waals surface area contributed by atoms with Crippen LogP contribution in [0.1, 0.15) is 38.5 Å². The summed E-state index contributed by atoms with van der Waals surface area (Å²) < 4.78 is 1.67. The molecule has 1 aromatic heterocycles. The first-order valence-electron chi connectivity index (χ1n) is 8.98. The van der Waals surface area contributed by atoms with Crippen LogP contribution >= 0.6 is 0 Å². The van der Waals surface area contributed by atoms with Gasteiger partial charge in [-0.1, -0.05) is 25.0 Å². The standard InChI is InChI=1S/C19H23N3O2/c23-18-12-20-22(17-10-4-2-8-15(17)18)13-19(24)21-11-5-7-14-6-1-3-9-16(14)21/h2,4,8,10,12,14,16H,1,3,5-7,9,11,13H2. The van der Waals surface area contributed by atoms with E-state index in [1.165, 1.54) is 31.9 Å². The largest absolute Gasteiger partial charge is 0.338 e. The van der Waals surface area contributed by atoms with Crippen molar-refractivity contribution in [3.05, 3.63) is 40.7 Å². The number of carbonyl (C=O) groups excluding carboxylic acids is 1. The molecule has 126 valence electrons. The number of rotatable bonds is 2. The Balaban J connectivity index is 1.60. The monoisotopic (exact) mass is 325 g/mol. The molecule has 2 fully saturated rings. The summed E-state index contributed by atoms with van der Waals surface area (Å²) in [6.45, 7) is 1.07. The number of hydrogen-bond acceptors (Lipinski definition) is 3. The van der Waals surface area contributed by atoms with Crippen molar-refractivity contribution >= 4 is 16.8 Å². The van der Waals surface area contributed by atoms with E-state index in [9.17, 15) is 9.59 Å². The molecule has 2 aliphatic rings. The van der Waals surface area contributed by atoms with Gasteiger partial charge in [-0.25, -0.2) is 0 Å². The minimum absolute atomic E-state index is 0.0976. The van der Waals surface area contributed by atoms with Crippen LogP contribution in [0.3, 0.4) is 0 Å². The Morgan fingerprint density at radius 1 is 1.12 bits per heavy atom. The van der Waals surface area contributed by atoms with Gasteiger partial charge in [-0.2, -0.15) is 5.10 Å². The van der Waals surface area contributed by atoms with Gasteiger partial charge in [-0.05, 0) is 43.7 Å². The Hall–Kier alpha value is -2.17. The molecule has 1 saturated heterocycles. The zero-order chi connectivity index (χ0) is 16.5. The Kier molecular flexibility index (Phi) is 4.08. The third kappa shape index (κ3) is 2.72. The number of nitrogens with zero attached hydrogens (tertiary/aromatic N) is 3. The number of fused-ring (bicyclic) bond motifs is 2. The van der Waals surface area contributed by atoms with Gasteiger partial charge >= 0.3 is 0 Å². The van der Waals surface area contributed by atoms with E-state index in [1.54, 1.807) is 10.7 Å². The van der Waals surface area contributed by atoms with E-state index < -0.39 is 0 Å². The lowest BCUT2D eigenvalue weighted by atomic mass is 9.78. The third-order valence-corrected chi connectivity index (χ3v) is 5.61. The van der Waals surface area contributed by atoms with Gasteiger partial charge < -0.3 is 4.90 Å². The molecule has 1 aliphatic carbocycles. The van der Waals surface area contributed by atoms with Crippen LogP contribution in [0.4, 0.5) is 0 Å². The van der Waals surface area contributed by atoms with Gasteiger partial charge in [0.2, 0.25) is 11.3 Å². The molecule has 0 bridgehead atoms. The molecule has 1 amide bonds. The van der Waals surface area contributed by atoms with Gasteiger partial charge in [-0.15, -0.1) is 0 Å². The lowest BCUT2D eigenvalue weighted by Crippen LogP contribution is -2.50. The molecule has 4 rings (SSSR count). The summed E-state index contributed by atoms with van der Waals surface area (Å²) in [4.78, 5) is 27.0. The van der Waals surface area contributed by atoms with Crippen LogP contribution in [0.15, 0.2) is 35.3 Å². The molecular weight excluding hydrogens is 302 g/mol. The highest BCUT2D eigenvalue weighted by Crippen LogP contribution is 2.35. The van der Waals surface area contributed by atoms with Crippen LogP contribution in [-0.4, -0.2) is 33.2 Å². The number of piperidine rings is 1. The molecule has 2 heterocycles. The topological polar surface area (TPSA) is 55.2 Å². The number of carbonyl (C=O) groups is 1. The summed E-state index contributed by atoms with van der Waals surface area (Å²) in [5, 5.41) is 4.82. The summed E-state index contributed by atoms with van der Waals surface area (Å²) in [5.74, 6) is 0.808. The van der Waals surface area contributed by atoms with Gasteiger partial charge in [0.05, 0.1) is 11.7 Å². The molecule has 0 N–H and O–H groups in total. The van der Waals surface area contributed by atoms with Gasteiger partial charge in [0.15, 0.2) is 0 Å². The van der Waals surface area contributed by atoms with E-state index in [0.717, 1.165) is 24.9 Å². The van der Waals surface area contributed by atoms with Crippen molar-refractivity contribution in [3.63, 3.8) is 0 Å². The van der Waals surface area contributed by atoms with Crippen LogP contribution < -0.4 is 5.43 Å². The van der Waals surface area contributed by atoms with Crippen molar-refractivity contribution in [2.45, 2.75) is 51.1 Å². The minimum Gasteiger partial charge on any atom is -0.338 e. The smallest absolute Gasteiger partial charge is 0.244 e. The number of benzene rings is 1. The Labute approximate surface area is 141 Å². The van der Waals surface area contributed by atoms with Crippen LogP contribution in [0.5, 0.6) is 0 Å². The molecule has 1 aliphatic heterocycles. The molecular formula is C19H23N3O2. The molecule has 2 atom stereocenters. The van der Waals surface area contributed by atoms with E-state index in [0.29, 0.717) is 17.3 Å². The normalized spacial score (nSPS) is 23.9. The maximum Gasteiger partial charge on any atom is 0.244 e. The maximum atomic E-state index is 12.9. The highest BCUT2D eigenvalue weighted by atomic mass is 16.2. The van der Waals surface area contributed by atoms with Crippen molar-refractivity contribution in [1.82, 2.24) is 14.7 Å².